The molecule has 0 unspecified atom stereocenters. The third-order valence-electron chi connectivity index (χ3n) is 5.74. The van der Waals surface area contributed by atoms with Crippen molar-refractivity contribution in [3.8, 4) is 0 Å². The molecule has 0 amide bonds. The van der Waals surface area contributed by atoms with Crippen LogP contribution in [-0.4, -0.2) is 46.2 Å². The lowest BCUT2D eigenvalue weighted by molar-refractivity contribution is -0.154. The highest BCUT2D eigenvalue weighted by atomic mass is 35.5. The van der Waals surface area contributed by atoms with E-state index in [0.717, 1.165) is 0 Å². The van der Waals surface area contributed by atoms with Crippen LogP contribution in [0.15, 0.2) is 47.8 Å². The summed E-state index contributed by atoms with van der Waals surface area (Å²) in [5.41, 5.74) is 0.636. The summed E-state index contributed by atoms with van der Waals surface area (Å²) in [6.07, 6.45) is 2.50. The fourth-order valence-corrected chi connectivity index (χ4v) is 6.69. The molecule has 158 valence electrons. The Labute approximate surface area is 183 Å². The molecule has 0 bridgehead atoms. The summed E-state index contributed by atoms with van der Waals surface area (Å²) in [5.74, 6) is -0.892. The van der Waals surface area contributed by atoms with Gasteiger partial charge in [-0.15, -0.1) is 0 Å². The third kappa shape index (κ3) is 3.13. The van der Waals surface area contributed by atoms with E-state index >= 15 is 0 Å². The first-order valence-corrected chi connectivity index (χ1v) is 11.8. The van der Waals surface area contributed by atoms with Crippen LogP contribution >= 0.6 is 23.2 Å². The van der Waals surface area contributed by atoms with Gasteiger partial charge < -0.3 is 14.0 Å². The van der Waals surface area contributed by atoms with Crippen molar-refractivity contribution in [2.45, 2.75) is 54.5 Å². The summed E-state index contributed by atoms with van der Waals surface area (Å²) in [6.45, 7) is 3.59. The summed E-state index contributed by atoms with van der Waals surface area (Å²) in [6, 6.07) is 7.75. The minimum Gasteiger partial charge on any atom is -0.343 e. The molecule has 1 aromatic carbocycles. The van der Waals surface area contributed by atoms with E-state index in [0.29, 0.717) is 27.6 Å². The Kier molecular flexibility index (Phi) is 4.65. The predicted octanol–water partition coefficient (Wildman–Crippen LogP) is 4.05. The summed E-state index contributed by atoms with van der Waals surface area (Å²) < 4.78 is 41.2. The molecule has 1 saturated heterocycles. The normalized spacial score (nSPS) is 28.1. The van der Waals surface area contributed by atoms with E-state index < -0.39 is 33.1 Å². The van der Waals surface area contributed by atoms with Crippen LogP contribution in [0.4, 0.5) is 0 Å². The van der Waals surface area contributed by atoms with Gasteiger partial charge in [-0.2, -0.15) is 0 Å². The van der Waals surface area contributed by atoms with E-state index in [9.17, 15) is 8.42 Å². The third-order valence-corrected chi connectivity index (χ3v) is 8.48. The fraction of sp³-hybridized carbons (Fsp3) is 0.400. The molecule has 2 fully saturated rings. The highest BCUT2D eigenvalue weighted by Crippen LogP contribution is 2.48. The zero-order valence-corrected chi connectivity index (χ0v) is 18.5. The molecule has 5 rings (SSSR count). The number of benzene rings is 1. The first-order valence-electron chi connectivity index (χ1n) is 9.49. The molecule has 2 aromatic heterocycles. The second-order valence-corrected chi connectivity index (χ2v) is 11.0. The molecule has 10 heteroatoms. The summed E-state index contributed by atoms with van der Waals surface area (Å²) in [4.78, 5) is 8.59. The van der Waals surface area contributed by atoms with Crippen LogP contribution in [0.5, 0.6) is 0 Å². The van der Waals surface area contributed by atoms with Crippen LogP contribution in [0.2, 0.25) is 10.2 Å². The smallest absolute Gasteiger partial charge is 0.183 e. The Hall–Kier alpha value is -1.71. The molecular formula is C20H19Cl2N3O4S. The van der Waals surface area contributed by atoms with Gasteiger partial charge in [0.1, 0.15) is 29.3 Å². The second-order valence-electron chi connectivity index (χ2n) is 8.03. The van der Waals surface area contributed by atoms with Crippen LogP contribution in [0, 0.1) is 0 Å². The average Bonchev–Trinajstić information content (AvgIpc) is 3.33. The van der Waals surface area contributed by atoms with Crippen molar-refractivity contribution in [1.29, 1.82) is 0 Å². The Morgan fingerprint density at radius 2 is 1.77 bits per heavy atom. The molecular weight excluding hydrogens is 449 g/mol. The zero-order valence-electron chi connectivity index (χ0n) is 16.2. The molecule has 1 aliphatic carbocycles. The van der Waals surface area contributed by atoms with Crippen LogP contribution in [0.25, 0.3) is 11.0 Å². The van der Waals surface area contributed by atoms with E-state index in [2.05, 4.69) is 9.97 Å². The molecule has 3 aromatic rings. The Bertz CT molecular complexity index is 1230. The quantitative estimate of drug-likeness (QED) is 0.540. The number of hydrogen-bond donors (Lipinski definition) is 0. The summed E-state index contributed by atoms with van der Waals surface area (Å²) >= 11 is 12.1. The summed E-state index contributed by atoms with van der Waals surface area (Å²) in [7, 11) is -3.68. The Morgan fingerprint density at radius 1 is 1.07 bits per heavy atom. The standard InChI is InChI=1S/C20H19Cl2N3O4S/c1-20(2)28-16-14(25-8-7-13-18(22)23-10-24-19(13)25)9-15(17(16)29-20)30(26,27)12-5-3-11(21)4-6-12/h3-8,10,14-17H,9H2,1-2H3/t14-,15+,16+,17-/m1/s1. The molecule has 1 aliphatic heterocycles. The van der Waals surface area contributed by atoms with Crippen LogP contribution in [0.3, 0.4) is 0 Å². The van der Waals surface area contributed by atoms with Crippen molar-refractivity contribution in [2.75, 3.05) is 0 Å². The van der Waals surface area contributed by atoms with E-state index in [1.165, 1.54) is 18.5 Å². The topological polar surface area (TPSA) is 83.3 Å². The second kappa shape index (κ2) is 6.90. The Balaban J connectivity index is 1.59. The summed E-state index contributed by atoms with van der Waals surface area (Å²) in [5, 5.41) is 0.763. The first-order chi connectivity index (χ1) is 14.2. The van der Waals surface area contributed by atoms with Gasteiger partial charge in [0, 0.05) is 11.2 Å². The lowest BCUT2D eigenvalue weighted by Crippen LogP contribution is -2.34. The molecule has 4 atom stereocenters. The van der Waals surface area contributed by atoms with Crippen LogP contribution in [0.1, 0.15) is 26.3 Å². The van der Waals surface area contributed by atoms with E-state index in [-0.39, 0.29) is 10.9 Å². The number of rotatable bonds is 3. The molecule has 0 radical (unpaired) electrons. The molecule has 3 heterocycles. The van der Waals surface area contributed by atoms with Gasteiger partial charge in [-0.1, -0.05) is 23.2 Å². The molecule has 30 heavy (non-hydrogen) atoms. The van der Waals surface area contributed by atoms with Crippen molar-refractivity contribution in [3.63, 3.8) is 0 Å². The van der Waals surface area contributed by atoms with Crippen molar-refractivity contribution in [2.24, 2.45) is 0 Å². The SMILES string of the molecule is CC1(C)O[C@@H]2[C@H](O1)[C@@H](S(=O)(=O)c1ccc(Cl)cc1)C[C@H]2n1ccc2c(Cl)ncnc21. The van der Waals surface area contributed by atoms with Crippen molar-refractivity contribution in [1.82, 2.24) is 14.5 Å². The lowest BCUT2D eigenvalue weighted by atomic mass is 10.2. The van der Waals surface area contributed by atoms with Crippen molar-refractivity contribution in [3.05, 3.63) is 53.0 Å². The van der Waals surface area contributed by atoms with Gasteiger partial charge in [-0.25, -0.2) is 18.4 Å². The van der Waals surface area contributed by atoms with Crippen molar-refractivity contribution >= 4 is 44.1 Å². The van der Waals surface area contributed by atoms with Crippen LogP contribution in [-0.2, 0) is 19.3 Å². The number of ether oxygens (including phenoxy) is 2. The van der Waals surface area contributed by atoms with Gasteiger partial charge in [0.2, 0.25) is 0 Å². The van der Waals surface area contributed by atoms with Gasteiger partial charge in [0.15, 0.2) is 15.6 Å². The van der Waals surface area contributed by atoms with Gasteiger partial charge >= 0.3 is 0 Å². The fourth-order valence-electron chi connectivity index (χ4n) is 4.49. The zero-order chi connectivity index (χ0) is 21.3. The Morgan fingerprint density at radius 3 is 2.50 bits per heavy atom. The molecule has 7 nitrogen and oxygen atoms in total. The number of sulfone groups is 1. The maximum atomic E-state index is 13.5. The number of aromatic nitrogens is 3. The first kappa shape index (κ1) is 20.2. The molecule has 0 N–H and O–H groups in total. The highest BCUT2D eigenvalue weighted by Gasteiger charge is 2.58. The maximum absolute atomic E-state index is 13.5. The molecule has 2 aliphatic rings. The molecule has 0 spiro atoms. The molecule has 1 saturated carbocycles. The van der Waals surface area contributed by atoms with Gasteiger partial charge in [0.25, 0.3) is 0 Å². The monoisotopic (exact) mass is 467 g/mol. The average molecular weight is 468 g/mol. The van der Waals surface area contributed by atoms with Crippen LogP contribution < -0.4 is 0 Å². The largest absolute Gasteiger partial charge is 0.343 e. The maximum Gasteiger partial charge on any atom is 0.183 e. The number of nitrogens with zero attached hydrogens (tertiary/aromatic N) is 3. The number of halogens is 2. The van der Waals surface area contributed by atoms with Gasteiger partial charge in [-0.3, -0.25) is 0 Å². The minimum absolute atomic E-state index is 0.215. The number of hydrogen-bond acceptors (Lipinski definition) is 6. The van der Waals surface area contributed by atoms with Gasteiger partial charge in [0.05, 0.1) is 21.6 Å². The van der Waals surface area contributed by atoms with E-state index in [1.54, 1.807) is 26.0 Å². The lowest BCUT2D eigenvalue weighted by Gasteiger charge is -2.24. The highest BCUT2D eigenvalue weighted by molar-refractivity contribution is 7.92. The van der Waals surface area contributed by atoms with E-state index in [4.69, 9.17) is 32.7 Å². The predicted molar refractivity (Wildman–Crippen MR) is 112 cm³/mol. The van der Waals surface area contributed by atoms with E-state index in [1.807, 2.05) is 16.8 Å². The minimum atomic E-state index is -3.68. The van der Waals surface area contributed by atoms with Crippen molar-refractivity contribution < 1.29 is 17.9 Å². The number of fused-ring (bicyclic) bond motifs is 2. The van der Waals surface area contributed by atoms with Gasteiger partial charge in [-0.05, 0) is 50.6 Å².